The maximum absolute atomic E-state index is 14.3. The van der Waals surface area contributed by atoms with Crippen molar-refractivity contribution in [2.75, 3.05) is 50.6 Å². The van der Waals surface area contributed by atoms with E-state index in [2.05, 4.69) is 52.2 Å². The summed E-state index contributed by atoms with van der Waals surface area (Å²) in [6.07, 6.45) is 3.98. The van der Waals surface area contributed by atoms with E-state index in [-0.39, 0.29) is 99.4 Å². The first-order valence-electron chi connectivity index (χ1n) is 27.8. The van der Waals surface area contributed by atoms with Gasteiger partial charge in [-0.3, -0.25) is 28.9 Å². The molecule has 4 unspecified atom stereocenters. The van der Waals surface area contributed by atoms with Crippen LogP contribution in [-0.2, 0) is 62.4 Å². The number of hydrogen-bond acceptors (Lipinski definition) is 16. The molecule has 5 heterocycles. The first-order valence-corrected chi connectivity index (χ1v) is 28.8. The lowest BCUT2D eigenvalue weighted by molar-refractivity contribution is -0.199. The quantitative estimate of drug-likeness (QED) is 0.0567. The summed E-state index contributed by atoms with van der Waals surface area (Å²) in [6.45, 7) is 14.5. The van der Waals surface area contributed by atoms with Gasteiger partial charge in [0.05, 0.1) is 67.1 Å². The van der Waals surface area contributed by atoms with Crippen LogP contribution in [0, 0.1) is 34.5 Å². The zero-order valence-corrected chi connectivity index (χ0v) is 46.3. The highest BCUT2D eigenvalue weighted by Crippen LogP contribution is 2.67. The monoisotopic (exact) mass is 1100 g/mol. The predicted molar refractivity (Wildman–Crippen MR) is 290 cm³/mol. The number of ether oxygens (including phenoxy) is 4. The molecule has 0 aromatic heterocycles. The Morgan fingerprint density at radius 2 is 1.51 bits per heavy atom. The Bertz CT molecular complexity index is 2980. The number of carbonyl (C=O) groups excluding carboxylic acids is 5. The first kappa shape index (κ1) is 54.3. The molecule has 11 aliphatic rings. The molecule has 11 atom stereocenters. The van der Waals surface area contributed by atoms with E-state index in [1.807, 2.05) is 42.5 Å². The van der Waals surface area contributed by atoms with Gasteiger partial charge in [-0.25, -0.2) is 4.79 Å². The van der Waals surface area contributed by atoms with Crippen molar-refractivity contribution in [1.29, 1.82) is 0 Å². The minimum Gasteiger partial charge on any atom is -0.480 e. The lowest BCUT2D eigenvalue weighted by atomic mass is 9.43. The van der Waals surface area contributed by atoms with E-state index in [0.717, 1.165) is 53.3 Å². The van der Waals surface area contributed by atoms with Crippen LogP contribution in [0.2, 0.25) is 0 Å². The molecule has 3 aromatic carbocycles. The average molecular weight is 1100 g/mol. The molecular formula is C57H68B2N4O15S. The second-order valence-electron chi connectivity index (χ2n) is 24.6. The highest BCUT2D eigenvalue weighted by molar-refractivity contribution is 8.00. The minimum atomic E-state index is -1.40. The number of carbonyl (C=O) groups is 6. The number of aliphatic carboxylic acids is 1. The Balaban J connectivity index is 0.671. The molecule has 3 aromatic rings. The highest BCUT2D eigenvalue weighted by atomic mass is 32.2. The smallest absolute Gasteiger partial charge is 0.480 e. The van der Waals surface area contributed by atoms with Crippen molar-refractivity contribution in [2.45, 2.75) is 127 Å². The van der Waals surface area contributed by atoms with Crippen molar-refractivity contribution in [2.24, 2.45) is 40.2 Å². The second kappa shape index (κ2) is 20.0. The van der Waals surface area contributed by atoms with E-state index in [9.17, 15) is 28.8 Å². The van der Waals surface area contributed by atoms with Gasteiger partial charge in [-0.2, -0.15) is 0 Å². The van der Waals surface area contributed by atoms with E-state index >= 15 is 0 Å². The molecule has 6 saturated carbocycles. The molecular weight excluding hydrogens is 1030 g/mol. The van der Waals surface area contributed by atoms with E-state index in [4.69, 9.17) is 48.4 Å². The SMILES string of the molecule is CC1(C)[C@@H]2C[C@H]1C1OB(c3ccc4c(c3)Oc3cc(B5OC6C[C@@H]7C[C@@H](C7(C)C)[C@]6(C)O5)ccc3C43OC(=O)c4cc(NC(=O)CCOCCOCCNC(=O)CCN5C(=O)CC(SC[C@H](N)C(=O)O)C5=O)ccc43)O[C@@]1(C)C2. The topological polar surface area (TPSA) is 250 Å². The van der Waals surface area contributed by atoms with Crippen LogP contribution >= 0.6 is 11.8 Å². The lowest BCUT2D eigenvalue weighted by Crippen LogP contribution is -2.65. The maximum Gasteiger partial charge on any atom is 0.494 e. The summed E-state index contributed by atoms with van der Waals surface area (Å²) in [5.74, 6) is -0.341. The van der Waals surface area contributed by atoms with Crippen molar-refractivity contribution >= 4 is 78.2 Å². The molecule has 1 spiro atoms. The molecule has 5 aliphatic heterocycles. The van der Waals surface area contributed by atoms with Gasteiger partial charge in [-0.05, 0) is 109 Å². The number of amides is 4. The number of nitrogens with two attached hydrogens (primary N) is 1. The number of benzene rings is 3. The third-order valence-corrected chi connectivity index (χ3v) is 20.7. The summed E-state index contributed by atoms with van der Waals surface area (Å²) in [6, 6.07) is 15.8. The number of nitrogens with one attached hydrogen (secondary N) is 2. The Morgan fingerprint density at radius 3 is 2.20 bits per heavy atom. The molecule has 4 amide bonds. The second-order valence-corrected chi connectivity index (χ2v) is 25.8. The molecule has 0 radical (unpaired) electrons. The summed E-state index contributed by atoms with van der Waals surface area (Å²) in [5, 5.41) is 13.8. The van der Waals surface area contributed by atoms with Gasteiger partial charge < -0.3 is 59.0 Å². The van der Waals surface area contributed by atoms with Crippen LogP contribution in [0.25, 0.3) is 0 Å². The van der Waals surface area contributed by atoms with Crippen LogP contribution in [-0.4, -0.2) is 140 Å². The molecule has 14 rings (SSSR count). The van der Waals surface area contributed by atoms with Gasteiger partial charge in [-0.15, -0.1) is 11.8 Å². The standard InChI is InChI=1S/C57H68B2N4O15S/c1-53(2)31-21-39(53)49-55(5,28-31)77-59(76-49)33-8-11-38-42(25-33)73-41-24-32(58-75-45-23-30-22-44(54(30,3)4)56(45,6)78-58)7-10-37(41)57(38)36-12-9-34(26-35(36)52(70)74-57)62-47(65)14-17-71-19-20-72-18-15-61-46(64)13-16-63-48(66)27-43(50(63)67)79-29-40(60)51(68)69/h7-12,24-26,30-31,39-40,43-45,49H,13-23,27-29,60H2,1-6H3,(H,61,64)(H,62,65)(H,68,69)/t30-,31+,39-,40-,43?,44-,45?,49?,55-,56-,57?/m0/s1. The summed E-state index contributed by atoms with van der Waals surface area (Å²) in [4.78, 5) is 76.9. The molecule has 6 aliphatic carbocycles. The van der Waals surface area contributed by atoms with E-state index in [0.29, 0.717) is 63.1 Å². The van der Waals surface area contributed by atoms with Gasteiger partial charge >= 0.3 is 26.2 Å². The number of thioether (sulfide) groups is 1. The normalized spacial score (nSPS) is 32.0. The van der Waals surface area contributed by atoms with Crippen LogP contribution in [0.5, 0.6) is 11.5 Å². The van der Waals surface area contributed by atoms with Crippen LogP contribution in [0.15, 0.2) is 54.6 Å². The van der Waals surface area contributed by atoms with Crippen LogP contribution in [0.4, 0.5) is 5.69 Å². The molecule has 3 saturated heterocycles. The summed E-state index contributed by atoms with van der Waals surface area (Å²) >= 11 is 1.02. The van der Waals surface area contributed by atoms with Gasteiger partial charge in [0.25, 0.3) is 0 Å². The van der Waals surface area contributed by atoms with Gasteiger partial charge in [0.2, 0.25) is 23.6 Å². The maximum atomic E-state index is 14.3. The zero-order chi connectivity index (χ0) is 55.6. The fourth-order valence-corrected chi connectivity index (χ4v) is 15.7. The Labute approximate surface area is 464 Å². The van der Waals surface area contributed by atoms with Crippen molar-refractivity contribution in [1.82, 2.24) is 10.2 Å². The molecule has 22 heteroatoms. The van der Waals surface area contributed by atoms with Gasteiger partial charge in [0.15, 0.2) is 5.60 Å². The number of hydrogen-bond donors (Lipinski definition) is 4. The molecule has 9 fully saturated rings. The average Bonchev–Trinajstić information content (AvgIpc) is 4.32. The number of carboxylic acids is 1. The van der Waals surface area contributed by atoms with Crippen LogP contribution in [0.1, 0.15) is 114 Å². The first-order chi connectivity index (χ1) is 37.6. The molecule has 19 nitrogen and oxygen atoms in total. The van der Waals surface area contributed by atoms with Crippen molar-refractivity contribution < 1.29 is 71.4 Å². The zero-order valence-electron chi connectivity index (χ0n) is 45.5. The fourth-order valence-electron chi connectivity index (χ4n) is 14.6. The molecule has 5 N–H and O–H groups in total. The van der Waals surface area contributed by atoms with Crippen LogP contribution < -0.4 is 32.0 Å². The van der Waals surface area contributed by atoms with Gasteiger partial charge in [0.1, 0.15) is 17.5 Å². The van der Waals surface area contributed by atoms with Crippen molar-refractivity contribution in [3.63, 3.8) is 0 Å². The minimum absolute atomic E-state index is 0.0134. The number of likely N-dealkylation sites (tertiary alicyclic amines) is 1. The number of imide groups is 1. The third kappa shape index (κ3) is 9.11. The summed E-state index contributed by atoms with van der Waals surface area (Å²) < 4.78 is 52.0. The van der Waals surface area contributed by atoms with Crippen molar-refractivity contribution in [3.8, 4) is 11.5 Å². The van der Waals surface area contributed by atoms with Crippen LogP contribution in [0.3, 0.4) is 0 Å². The highest BCUT2D eigenvalue weighted by Gasteiger charge is 2.69. The third-order valence-electron chi connectivity index (χ3n) is 19.4. The number of fused-ring (bicyclic) bond motifs is 6. The summed E-state index contributed by atoms with van der Waals surface area (Å²) in [7, 11) is -1.22. The van der Waals surface area contributed by atoms with E-state index in [1.54, 1.807) is 12.1 Å². The van der Waals surface area contributed by atoms with Crippen molar-refractivity contribution in [3.05, 3.63) is 76.9 Å². The van der Waals surface area contributed by atoms with E-state index < -0.39 is 66.1 Å². The van der Waals surface area contributed by atoms with Gasteiger partial charge in [0, 0.05) is 54.1 Å². The number of carboxylic acid groups (broad SMARTS) is 1. The number of esters is 1. The fraction of sp³-hybridized carbons (Fsp3) is 0.579. The molecule has 418 valence electrons. The largest absolute Gasteiger partial charge is 0.494 e. The lowest BCUT2D eigenvalue weighted by Gasteiger charge is -2.64. The van der Waals surface area contributed by atoms with Gasteiger partial charge in [-0.1, -0.05) is 58.0 Å². The number of anilines is 1. The Hall–Kier alpha value is -5.32. The van der Waals surface area contributed by atoms with E-state index in [1.165, 1.54) is 0 Å². The molecule has 4 bridgehead atoms. The Morgan fingerprint density at radius 1 is 0.810 bits per heavy atom. The number of rotatable bonds is 19. The molecule has 79 heavy (non-hydrogen) atoms. The summed E-state index contributed by atoms with van der Waals surface area (Å²) in [5.41, 5.74) is 7.90. The Kier molecular flexibility index (Phi) is 13.7. The number of nitrogens with zero attached hydrogens (tertiary/aromatic N) is 1. The predicted octanol–water partition coefficient (Wildman–Crippen LogP) is 4.27.